The van der Waals surface area contributed by atoms with Crippen molar-refractivity contribution in [2.24, 2.45) is 11.1 Å². The monoisotopic (exact) mass is 299 g/mol. The minimum absolute atomic E-state index is 0.0637. The second kappa shape index (κ2) is 6.17. The van der Waals surface area contributed by atoms with Gasteiger partial charge in [-0.05, 0) is 36.8 Å². The molecule has 1 aromatic rings. The second-order valence-corrected chi connectivity index (χ2v) is 6.96. The average molecular weight is 299 g/mol. The maximum absolute atomic E-state index is 12.3. The Morgan fingerprint density at radius 2 is 2.25 bits per heavy atom. The SMILES string of the molecule is COCCC1(CNS(=O)(=O)c2cccnc2CN)CC1. The number of pyridine rings is 1. The van der Waals surface area contributed by atoms with Gasteiger partial charge in [0.05, 0.1) is 5.69 Å². The van der Waals surface area contributed by atoms with Gasteiger partial charge >= 0.3 is 0 Å². The van der Waals surface area contributed by atoms with Crippen LogP contribution >= 0.6 is 0 Å². The van der Waals surface area contributed by atoms with Crippen LogP contribution in [0, 0.1) is 5.41 Å². The number of rotatable bonds is 8. The van der Waals surface area contributed by atoms with E-state index in [0.717, 1.165) is 19.3 Å². The number of nitrogens with zero attached hydrogens (tertiary/aromatic N) is 1. The minimum Gasteiger partial charge on any atom is -0.385 e. The Morgan fingerprint density at radius 1 is 1.50 bits per heavy atom. The van der Waals surface area contributed by atoms with Crippen LogP contribution in [0.5, 0.6) is 0 Å². The molecule has 0 aromatic carbocycles. The molecule has 0 unspecified atom stereocenters. The Bertz CT molecular complexity index is 556. The molecule has 1 heterocycles. The zero-order valence-electron chi connectivity index (χ0n) is 11.6. The van der Waals surface area contributed by atoms with Crippen LogP contribution < -0.4 is 10.5 Å². The maximum Gasteiger partial charge on any atom is 0.242 e. The van der Waals surface area contributed by atoms with Crippen LogP contribution in [0.2, 0.25) is 0 Å². The van der Waals surface area contributed by atoms with Gasteiger partial charge in [0.1, 0.15) is 4.90 Å². The number of ether oxygens (including phenoxy) is 1. The third-order valence-electron chi connectivity index (χ3n) is 3.76. The number of sulfonamides is 1. The highest BCUT2D eigenvalue weighted by Gasteiger charge is 2.42. The third kappa shape index (κ3) is 3.54. The Kier molecular flexibility index (Phi) is 4.74. The molecule has 0 bridgehead atoms. The van der Waals surface area contributed by atoms with E-state index in [4.69, 9.17) is 10.5 Å². The molecule has 1 saturated carbocycles. The smallest absolute Gasteiger partial charge is 0.242 e. The lowest BCUT2D eigenvalue weighted by Gasteiger charge is -2.16. The molecule has 1 aliphatic carbocycles. The van der Waals surface area contributed by atoms with E-state index in [0.29, 0.717) is 18.8 Å². The van der Waals surface area contributed by atoms with E-state index in [-0.39, 0.29) is 16.9 Å². The Labute approximate surface area is 119 Å². The number of nitrogens with two attached hydrogens (primary N) is 1. The first kappa shape index (κ1) is 15.4. The first-order valence-electron chi connectivity index (χ1n) is 6.66. The molecule has 1 aromatic heterocycles. The van der Waals surface area contributed by atoms with Crippen molar-refractivity contribution < 1.29 is 13.2 Å². The van der Waals surface area contributed by atoms with Crippen molar-refractivity contribution in [3.8, 4) is 0 Å². The van der Waals surface area contributed by atoms with Crippen molar-refractivity contribution in [2.45, 2.75) is 30.7 Å². The highest BCUT2D eigenvalue weighted by molar-refractivity contribution is 7.89. The molecule has 0 atom stereocenters. The van der Waals surface area contributed by atoms with Crippen molar-refractivity contribution in [1.82, 2.24) is 9.71 Å². The van der Waals surface area contributed by atoms with Crippen LogP contribution in [0.25, 0.3) is 0 Å². The van der Waals surface area contributed by atoms with E-state index in [1.165, 1.54) is 6.07 Å². The van der Waals surface area contributed by atoms with Gasteiger partial charge in [-0.15, -0.1) is 0 Å². The van der Waals surface area contributed by atoms with Crippen molar-refractivity contribution in [3.05, 3.63) is 24.0 Å². The second-order valence-electron chi connectivity index (χ2n) is 5.22. The molecular weight excluding hydrogens is 278 g/mol. The molecule has 112 valence electrons. The van der Waals surface area contributed by atoms with Crippen LogP contribution in [0.1, 0.15) is 25.0 Å². The van der Waals surface area contributed by atoms with Gasteiger partial charge in [0.15, 0.2) is 0 Å². The lowest BCUT2D eigenvalue weighted by atomic mass is 10.0. The van der Waals surface area contributed by atoms with Crippen LogP contribution in [-0.4, -0.2) is 33.7 Å². The number of hydrogen-bond acceptors (Lipinski definition) is 5. The molecular formula is C13H21N3O3S. The maximum atomic E-state index is 12.3. The molecule has 0 saturated heterocycles. The van der Waals surface area contributed by atoms with Crippen molar-refractivity contribution in [1.29, 1.82) is 0 Å². The predicted octanol–water partition coefficient (Wildman–Crippen LogP) is 0.635. The zero-order chi connectivity index (χ0) is 14.6. The first-order chi connectivity index (χ1) is 9.53. The van der Waals surface area contributed by atoms with Gasteiger partial charge in [-0.3, -0.25) is 4.98 Å². The van der Waals surface area contributed by atoms with Gasteiger partial charge in [0, 0.05) is 33.0 Å². The van der Waals surface area contributed by atoms with E-state index in [2.05, 4.69) is 9.71 Å². The predicted molar refractivity (Wildman–Crippen MR) is 75.5 cm³/mol. The van der Waals surface area contributed by atoms with Crippen LogP contribution in [-0.2, 0) is 21.3 Å². The molecule has 7 heteroatoms. The largest absolute Gasteiger partial charge is 0.385 e. The average Bonchev–Trinajstić information content (AvgIpc) is 3.24. The summed E-state index contributed by atoms with van der Waals surface area (Å²) in [6.45, 7) is 1.20. The number of methoxy groups -OCH3 is 1. The summed E-state index contributed by atoms with van der Waals surface area (Å²) in [7, 11) is -1.90. The van der Waals surface area contributed by atoms with Gasteiger partial charge in [-0.25, -0.2) is 13.1 Å². The Morgan fingerprint density at radius 3 is 2.85 bits per heavy atom. The molecule has 2 rings (SSSR count). The van der Waals surface area contributed by atoms with Crippen LogP contribution in [0.3, 0.4) is 0 Å². The third-order valence-corrected chi connectivity index (χ3v) is 5.24. The molecule has 0 radical (unpaired) electrons. The fourth-order valence-electron chi connectivity index (χ4n) is 2.16. The molecule has 1 fully saturated rings. The summed E-state index contributed by atoms with van der Waals surface area (Å²) in [6.07, 6.45) is 4.50. The van der Waals surface area contributed by atoms with E-state index < -0.39 is 10.0 Å². The summed E-state index contributed by atoms with van der Waals surface area (Å²) in [5.41, 5.74) is 5.99. The van der Waals surface area contributed by atoms with Gasteiger partial charge in [0.25, 0.3) is 0 Å². The molecule has 6 nitrogen and oxygen atoms in total. The minimum atomic E-state index is -3.55. The highest BCUT2D eigenvalue weighted by Crippen LogP contribution is 2.48. The molecule has 0 amide bonds. The lowest BCUT2D eigenvalue weighted by Crippen LogP contribution is -2.32. The Balaban J connectivity index is 2.05. The summed E-state index contributed by atoms with van der Waals surface area (Å²) in [5, 5.41) is 0. The standard InChI is InChI=1S/C13H21N3O3S/c1-19-8-6-13(4-5-13)10-16-20(17,18)12-3-2-7-15-11(12)9-14/h2-3,7,16H,4-6,8-10,14H2,1H3. The summed E-state index contributed by atoms with van der Waals surface area (Å²) < 4.78 is 32.4. The fraction of sp³-hybridized carbons (Fsp3) is 0.615. The summed E-state index contributed by atoms with van der Waals surface area (Å²) in [4.78, 5) is 4.18. The molecule has 1 aliphatic rings. The topological polar surface area (TPSA) is 94.3 Å². The van der Waals surface area contributed by atoms with E-state index >= 15 is 0 Å². The first-order valence-corrected chi connectivity index (χ1v) is 8.14. The van der Waals surface area contributed by atoms with E-state index in [9.17, 15) is 8.42 Å². The summed E-state index contributed by atoms with van der Waals surface area (Å²) >= 11 is 0. The Hall–Kier alpha value is -1.02. The quantitative estimate of drug-likeness (QED) is 0.734. The summed E-state index contributed by atoms with van der Waals surface area (Å²) in [5.74, 6) is 0. The lowest BCUT2D eigenvalue weighted by molar-refractivity contribution is 0.173. The van der Waals surface area contributed by atoms with Crippen LogP contribution in [0.4, 0.5) is 0 Å². The molecule has 0 aliphatic heterocycles. The van der Waals surface area contributed by atoms with Crippen LogP contribution in [0.15, 0.2) is 23.2 Å². The van der Waals surface area contributed by atoms with E-state index in [1.54, 1.807) is 19.4 Å². The van der Waals surface area contributed by atoms with Crippen molar-refractivity contribution in [2.75, 3.05) is 20.3 Å². The number of aromatic nitrogens is 1. The van der Waals surface area contributed by atoms with Gasteiger partial charge < -0.3 is 10.5 Å². The van der Waals surface area contributed by atoms with Crippen molar-refractivity contribution >= 4 is 10.0 Å². The van der Waals surface area contributed by atoms with Crippen molar-refractivity contribution in [3.63, 3.8) is 0 Å². The normalized spacial score (nSPS) is 17.1. The fourth-order valence-corrected chi connectivity index (χ4v) is 3.51. The van der Waals surface area contributed by atoms with Gasteiger partial charge in [-0.1, -0.05) is 0 Å². The molecule has 20 heavy (non-hydrogen) atoms. The summed E-state index contributed by atoms with van der Waals surface area (Å²) in [6, 6.07) is 3.14. The highest BCUT2D eigenvalue weighted by atomic mass is 32.2. The zero-order valence-corrected chi connectivity index (χ0v) is 12.4. The molecule has 0 spiro atoms. The number of hydrogen-bond donors (Lipinski definition) is 2. The van der Waals surface area contributed by atoms with E-state index in [1.807, 2.05) is 0 Å². The number of nitrogens with one attached hydrogen (secondary N) is 1. The van der Waals surface area contributed by atoms with Gasteiger partial charge in [-0.2, -0.15) is 0 Å². The molecule has 3 N–H and O–H groups in total. The van der Waals surface area contributed by atoms with Gasteiger partial charge in [0.2, 0.25) is 10.0 Å².